The van der Waals surface area contributed by atoms with Gasteiger partial charge in [-0.2, -0.15) is 0 Å². The van der Waals surface area contributed by atoms with E-state index in [4.69, 9.17) is 18.9 Å². The van der Waals surface area contributed by atoms with E-state index in [1.807, 2.05) is 4.90 Å². The Morgan fingerprint density at radius 1 is 0.820 bits per heavy atom. The van der Waals surface area contributed by atoms with Crippen molar-refractivity contribution in [2.24, 2.45) is 46.3 Å². The second kappa shape index (κ2) is 13.3. The smallest absolute Gasteiger partial charge is 0.187 e. The van der Waals surface area contributed by atoms with Crippen LogP contribution < -0.4 is 4.90 Å². The van der Waals surface area contributed by atoms with Gasteiger partial charge < -0.3 is 54.5 Å². The topological polar surface area (TPSA) is 163 Å². The summed E-state index contributed by atoms with van der Waals surface area (Å²) < 4.78 is 24.2. The van der Waals surface area contributed by atoms with E-state index in [0.29, 0.717) is 11.3 Å². The highest BCUT2D eigenvalue weighted by Gasteiger charge is 2.68. The molecule has 0 amide bonds. The minimum atomic E-state index is -1.59. The van der Waals surface area contributed by atoms with Crippen LogP contribution in [0.4, 0.5) is 0 Å². The van der Waals surface area contributed by atoms with Crippen molar-refractivity contribution in [2.45, 2.75) is 172 Å². The second-order valence-corrected chi connectivity index (χ2v) is 18.6. The van der Waals surface area contributed by atoms with E-state index < -0.39 is 68.0 Å². The first-order valence-corrected chi connectivity index (χ1v) is 19.9. The molecule has 4 heterocycles. The fourth-order valence-corrected chi connectivity index (χ4v) is 13.5. The third-order valence-electron chi connectivity index (χ3n) is 16.2. The quantitative estimate of drug-likeness (QED) is 0.205. The number of hydrogen-bond acceptors (Lipinski definition) is 10. The van der Waals surface area contributed by atoms with Gasteiger partial charge in [-0.25, -0.2) is 0 Å². The summed E-state index contributed by atoms with van der Waals surface area (Å²) >= 11 is 0. The molecule has 4 aliphatic heterocycles. The van der Waals surface area contributed by atoms with Crippen molar-refractivity contribution in [1.82, 2.24) is 0 Å². The van der Waals surface area contributed by atoms with Crippen LogP contribution in [0, 0.1) is 46.3 Å². The molecule has 0 radical (unpaired) electrons. The summed E-state index contributed by atoms with van der Waals surface area (Å²) in [6.45, 7) is 12.6. The van der Waals surface area contributed by atoms with Crippen LogP contribution in [0.15, 0.2) is 11.6 Å². The van der Waals surface area contributed by atoms with Crippen LogP contribution in [-0.4, -0.2) is 123 Å². The first-order chi connectivity index (χ1) is 23.8. The fourth-order valence-electron chi connectivity index (χ4n) is 13.5. The molecule has 0 spiro atoms. The molecule has 22 atom stereocenters. The van der Waals surface area contributed by atoms with Crippen molar-refractivity contribution in [3.63, 3.8) is 0 Å². The molecule has 11 nitrogen and oxygen atoms in total. The van der Waals surface area contributed by atoms with Crippen molar-refractivity contribution in [2.75, 3.05) is 13.2 Å². The Morgan fingerprint density at radius 2 is 1.60 bits per heavy atom. The largest absolute Gasteiger partial charge is 0.394 e. The number of ether oxygens (including phenoxy) is 4. The molecule has 8 rings (SSSR count). The molecule has 50 heavy (non-hydrogen) atoms. The van der Waals surface area contributed by atoms with E-state index in [-0.39, 0.29) is 11.5 Å². The van der Waals surface area contributed by atoms with Crippen LogP contribution in [-0.2, 0) is 18.9 Å². The molecule has 4 aliphatic carbocycles. The van der Waals surface area contributed by atoms with Gasteiger partial charge in [-0.1, -0.05) is 39.3 Å². The summed E-state index contributed by atoms with van der Waals surface area (Å²) in [7, 11) is 0. The summed E-state index contributed by atoms with van der Waals surface area (Å²) in [5, 5.41) is 62.9. The van der Waals surface area contributed by atoms with Gasteiger partial charge in [0.1, 0.15) is 42.7 Å². The number of piperidine rings is 1. The van der Waals surface area contributed by atoms with E-state index in [9.17, 15) is 30.6 Å². The molecule has 0 aromatic carbocycles. The predicted octanol–water partition coefficient (Wildman–Crippen LogP) is 0.914. The van der Waals surface area contributed by atoms with Gasteiger partial charge in [0.2, 0.25) is 0 Å². The number of quaternary nitrogens is 1. The SMILES string of the molecule is C[C@H]1CC[C@@H]2[C@@H](C)[C@H]3[C@H](C[C@H]4[C@@H]5CC=C6C[C@@H](O[C@@H]7O[C@H](CO)[C@@H](O)[C@H](O)[C@H]7O[C@@H]7O[C@@H](C)[C@H](O)[C@@H](O)[C@H]7O)CC[C@]6(C)[C@H]5CC[C@]34C)[NH+]2C1. The summed E-state index contributed by atoms with van der Waals surface area (Å²) in [6.07, 6.45) is -0.379. The lowest BCUT2D eigenvalue weighted by atomic mass is 9.47. The van der Waals surface area contributed by atoms with Crippen molar-refractivity contribution < 1.29 is 54.5 Å². The minimum absolute atomic E-state index is 0.113. The lowest BCUT2D eigenvalue weighted by Crippen LogP contribution is -3.18. The van der Waals surface area contributed by atoms with Gasteiger partial charge >= 0.3 is 0 Å². The molecule has 3 saturated carbocycles. The average Bonchev–Trinajstić information content (AvgIpc) is 3.56. The second-order valence-electron chi connectivity index (χ2n) is 18.6. The van der Waals surface area contributed by atoms with Crippen LogP contribution in [0.5, 0.6) is 0 Å². The van der Waals surface area contributed by atoms with Gasteiger partial charge in [-0.05, 0) is 80.5 Å². The van der Waals surface area contributed by atoms with E-state index >= 15 is 0 Å². The van der Waals surface area contributed by atoms with Crippen LogP contribution in [0.2, 0.25) is 0 Å². The normalized spacial score (nSPS) is 59.1. The van der Waals surface area contributed by atoms with Gasteiger partial charge in [0.25, 0.3) is 0 Å². The van der Waals surface area contributed by atoms with Gasteiger partial charge in [0.05, 0.1) is 37.4 Å². The lowest BCUT2D eigenvalue weighted by molar-refractivity contribution is -0.946. The maximum atomic E-state index is 11.1. The maximum Gasteiger partial charge on any atom is 0.187 e. The third kappa shape index (κ3) is 5.54. The van der Waals surface area contributed by atoms with Crippen molar-refractivity contribution >= 4 is 0 Å². The van der Waals surface area contributed by atoms with E-state index in [1.54, 1.807) is 6.92 Å². The molecule has 8 aliphatic rings. The van der Waals surface area contributed by atoms with Crippen molar-refractivity contribution in [3.8, 4) is 0 Å². The number of allylic oxidation sites excluding steroid dienone is 1. The summed E-state index contributed by atoms with van der Waals surface area (Å²) in [5.74, 6) is 4.67. The average molecular weight is 707 g/mol. The number of fused-ring (bicyclic) bond motifs is 9. The Bertz CT molecular complexity index is 1290. The monoisotopic (exact) mass is 706 g/mol. The fraction of sp³-hybridized carbons (Fsp3) is 0.949. The third-order valence-corrected chi connectivity index (χ3v) is 16.2. The highest BCUT2D eigenvalue weighted by atomic mass is 16.8. The van der Waals surface area contributed by atoms with E-state index in [1.165, 1.54) is 44.2 Å². The molecule has 0 aromatic heterocycles. The lowest BCUT2D eigenvalue weighted by Gasteiger charge is -2.58. The number of hydrogen-bond donors (Lipinski definition) is 7. The zero-order valence-electron chi connectivity index (χ0n) is 30.6. The van der Waals surface area contributed by atoms with Crippen LogP contribution in [0.3, 0.4) is 0 Å². The Balaban J connectivity index is 0.978. The van der Waals surface area contributed by atoms with Gasteiger partial charge in [0, 0.05) is 30.6 Å². The zero-order valence-corrected chi connectivity index (χ0v) is 30.6. The summed E-state index contributed by atoms with van der Waals surface area (Å²) in [4.78, 5) is 1.95. The number of rotatable bonds is 5. The number of nitrogens with one attached hydrogen (secondary N) is 1. The van der Waals surface area contributed by atoms with Crippen molar-refractivity contribution in [1.29, 1.82) is 0 Å². The number of aliphatic hydroxyl groups excluding tert-OH is 6. The van der Waals surface area contributed by atoms with E-state index in [0.717, 1.165) is 67.4 Å². The molecule has 11 heteroatoms. The molecule has 7 fully saturated rings. The Labute approximate surface area is 297 Å². The first kappa shape index (κ1) is 36.3. The Kier molecular flexibility index (Phi) is 9.62. The minimum Gasteiger partial charge on any atom is -0.394 e. The van der Waals surface area contributed by atoms with Gasteiger partial charge in [-0.15, -0.1) is 0 Å². The first-order valence-electron chi connectivity index (χ1n) is 19.9. The molecule has 284 valence electrons. The highest BCUT2D eigenvalue weighted by molar-refractivity contribution is 5.26. The van der Waals surface area contributed by atoms with E-state index in [2.05, 4.69) is 33.8 Å². The molecule has 1 unspecified atom stereocenters. The Hall–Kier alpha value is -0.700. The van der Waals surface area contributed by atoms with Crippen LogP contribution in [0.1, 0.15) is 92.4 Å². The van der Waals surface area contributed by atoms with Crippen LogP contribution >= 0.6 is 0 Å². The standard InChI is InChI=1S/C39H63NO10/c1-18-6-9-26-19(2)29-27(40(26)16-18)15-25-23-8-7-21-14-22(10-12-38(21,4)24(23)11-13-39(25,29)5)48-37-35(33(45)31(43)28(17-41)49-37)50-36-34(46)32(44)30(42)20(3)47-36/h7,18-20,22-37,41-46H,6,8-17H2,1-5H3/p+1/t18-,19+,20-,22-,23+,24-,25-,26+,27-,28+,29-,30-,31+,32+,33-,34+,35+,36-,37+,38-,39-/m0/s1. The molecule has 4 saturated heterocycles. The summed E-state index contributed by atoms with van der Waals surface area (Å²) in [6, 6.07) is 1.69. The molecule has 0 aromatic rings. The maximum absolute atomic E-state index is 11.1. The molecule has 0 bridgehead atoms. The van der Waals surface area contributed by atoms with Crippen molar-refractivity contribution in [3.05, 3.63) is 11.6 Å². The molecular weight excluding hydrogens is 642 g/mol. The molecular formula is C39H64NO10+. The van der Waals surface area contributed by atoms with Crippen LogP contribution in [0.25, 0.3) is 0 Å². The Morgan fingerprint density at radius 3 is 2.36 bits per heavy atom. The highest BCUT2D eigenvalue weighted by Crippen LogP contribution is 2.68. The molecule has 7 N–H and O–H groups in total. The predicted molar refractivity (Wildman–Crippen MR) is 181 cm³/mol. The summed E-state index contributed by atoms with van der Waals surface area (Å²) in [5.41, 5.74) is 2.00. The zero-order chi connectivity index (χ0) is 35.4. The number of aliphatic hydroxyl groups is 6. The van der Waals surface area contributed by atoms with Gasteiger partial charge in [0.15, 0.2) is 12.6 Å². The van der Waals surface area contributed by atoms with Gasteiger partial charge in [-0.3, -0.25) is 0 Å².